The van der Waals surface area contributed by atoms with E-state index in [-0.39, 0.29) is 6.29 Å². The van der Waals surface area contributed by atoms with Gasteiger partial charge < -0.3 is 9.47 Å². The van der Waals surface area contributed by atoms with Crippen LogP contribution in [0.3, 0.4) is 0 Å². The highest BCUT2D eigenvalue weighted by Gasteiger charge is 2.24. The number of allylic oxidation sites excluding steroid dienone is 1. The van der Waals surface area contributed by atoms with Crippen molar-refractivity contribution < 1.29 is 9.47 Å². The van der Waals surface area contributed by atoms with Crippen molar-refractivity contribution in [1.82, 2.24) is 4.98 Å². The third-order valence-corrected chi connectivity index (χ3v) is 7.77. The Hall–Kier alpha value is -1.97. The maximum Gasteiger partial charge on any atom is 0.185 e. The number of rotatable bonds is 18. The van der Waals surface area contributed by atoms with Crippen LogP contribution in [-0.4, -0.2) is 18.2 Å². The molecule has 0 spiro atoms. The topological polar surface area (TPSA) is 31.4 Å². The smallest absolute Gasteiger partial charge is 0.185 e. The lowest BCUT2D eigenvalue weighted by atomic mass is 9.86. The highest BCUT2D eigenvalue weighted by atomic mass is 16.7. The summed E-state index contributed by atoms with van der Waals surface area (Å²) in [5, 5.41) is 0. The largest absolute Gasteiger partial charge is 0.348 e. The fraction of sp³-hybridized carbons (Fsp3) is 0.618. The van der Waals surface area contributed by atoms with Gasteiger partial charge >= 0.3 is 0 Å². The molecule has 0 bridgehead atoms. The number of unbranched alkanes of at least 4 members (excludes halogenated alkanes) is 8. The van der Waals surface area contributed by atoms with Gasteiger partial charge in [-0.25, -0.2) is 0 Å². The molecule has 37 heavy (non-hydrogen) atoms. The summed E-state index contributed by atoms with van der Waals surface area (Å²) in [7, 11) is 0. The predicted octanol–water partition coefficient (Wildman–Crippen LogP) is 10.2. The van der Waals surface area contributed by atoms with Crippen molar-refractivity contribution in [3.63, 3.8) is 0 Å². The van der Waals surface area contributed by atoms with Gasteiger partial charge in [-0.1, -0.05) is 108 Å². The Kier molecular flexibility index (Phi) is 14.0. The molecule has 1 aliphatic heterocycles. The van der Waals surface area contributed by atoms with E-state index in [0.29, 0.717) is 11.8 Å². The molecule has 1 aromatic heterocycles. The van der Waals surface area contributed by atoms with Crippen molar-refractivity contribution in [3.05, 3.63) is 66.4 Å². The van der Waals surface area contributed by atoms with E-state index in [4.69, 9.17) is 14.5 Å². The van der Waals surface area contributed by atoms with E-state index in [1.165, 1.54) is 94.6 Å². The van der Waals surface area contributed by atoms with E-state index in [2.05, 4.69) is 56.8 Å². The van der Waals surface area contributed by atoms with E-state index in [9.17, 15) is 0 Å². The summed E-state index contributed by atoms with van der Waals surface area (Å²) < 4.78 is 12.2. The lowest BCUT2D eigenvalue weighted by molar-refractivity contribution is -0.206. The summed E-state index contributed by atoms with van der Waals surface area (Å²) in [6, 6.07) is 13.1. The lowest BCUT2D eigenvalue weighted by Crippen LogP contribution is -2.27. The SMILES string of the molecule is C=CCCCCCCCCC[C@H]1CO[C@H](c2ccc(-c3ccccc3C(CCC)CCCC)nc2)OC1. The van der Waals surface area contributed by atoms with Crippen molar-refractivity contribution in [3.8, 4) is 11.3 Å². The zero-order chi connectivity index (χ0) is 26.1. The van der Waals surface area contributed by atoms with Gasteiger partial charge in [-0.05, 0) is 49.7 Å². The maximum absolute atomic E-state index is 6.12. The summed E-state index contributed by atoms with van der Waals surface area (Å²) >= 11 is 0. The molecule has 1 aliphatic rings. The van der Waals surface area contributed by atoms with Crippen LogP contribution < -0.4 is 0 Å². The molecule has 1 saturated heterocycles. The van der Waals surface area contributed by atoms with Crippen LogP contribution >= 0.6 is 0 Å². The normalized spacial score (nSPS) is 18.5. The monoisotopic (exact) mass is 505 g/mol. The zero-order valence-corrected chi connectivity index (χ0v) is 23.6. The Labute approximate surface area is 227 Å². The van der Waals surface area contributed by atoms with Crippen LogP contribution in [0.5, 0.6) is 0 Å². The molecule has 204 valence electrons. The second-order valence-corrected chi connectivity index (χ2v) is 10.9. The molecule has 3 rings (SSSR count). The van der Waals surface area contributed by atoms with Gasteiger partial charge in [-0.2, -0.15) is 0 Å². The second-order valence-electron chi connectivity index (χ2n) is 10.9. The highest BCUT2D eigenvalue weighted by Crippen LogP contribution is 2.35. The molecular formula is C34H51NO2. The molecule has 0 radical (unpaired) electrons. The average molecular weight is 506 g/mol. The van der Waals surface area contributed by atoms with Crippen molar-refractivity contribution in [2.75, 3.05) is 13.2 Å². The van der Waals surface area contributed by atoms with Gasteiger partial charge in [-0.3, -0.25) is 4.98 Å². The number of benzene rings is 1. The molecule has 3 nitrogen and oxygen atoms in total. The first kappa shape index (κ1) is 29.6. The Bertz CT molecular complexity index is 870. The van der Waals surface area contributed by atoms with Crippen LogP contribution in [0.4, 0.5) is 0 Å². The first-order valence-corrected chi connectivity index (χ1v) is 15.2. The highest BCUT2D eigenvalue weighted by molar-refractivity contribution is 5.64. The third-order valence-electron chi connectivity index (χ3n) is 7.77. The average Bonchev–Trinajstić information content (AvgIpc) is 2.95. The maximum atomic E-state index is 6.12. The number of ether oxygens (including phenoxy) is 2. The van der Waals surface area contributed by atoms with E-state index in [1.807, 2.05) is 12.3 Å². The molecule has 0 amide bonds. The van der Waals surface area contributed by atoms with E-state index in [0.717, 1.165) is 30.9 Å². The molecule has 1 atom stereocenters. The number of nitrogens with zero attached hydrogens (tertiary/aromatic N) is 1. The Balaban J connectivity index is 1.45. The number of hydrogen-bond donors (Lipinski definition) is 0. The van der Waals surface area contributed by atoms with Gasteiger partial charge in [0.25, 0.3) is 0 Å². The Morgan fingerprint density at radius 1 is 0.865 bits per heavy atom. The van der Waals surface area contributed by atoms with Gasteiger partial charge in [-0.15, -0.1) is 6.58 Å². The molecule has 0 saturated carbocycles. The molecule has 0 N–H and O–H groups in total. The van der Waals surface area contributed by atoms with Crippen molar-refractivity contribution in [1.29, 1.82) is 0 Å². The first-order chi connectivity index (χ1) is 18.3. The molecule has 2 aromatic rings. The van der Waals surface area contributed by atoms with Crippen LogP contribution in [0.2, 0.25) is 0 Å². The molecule has 0 aliphatic carbocycles. The minimum Gasteiger partial charge on any atom is -0.348 e. The number of hydrogen-bond acceptors (Lipinski definition) is 3. The standard InChI is InChI=1S/C34H51NO2/c1-4-7-9-10-11-12-13-14-15-19-28-26-36-34(37-27-28)30-23-24-33(35-25-30)32-22-17-16-21-31(32)29(18-6-3)20-8-5-2/h4,16-17,21-25,28-29,34H,1,5-15,18-20,26-27H2,2-3H3/t28-,29?,34-. The Morgan fingerprint density at radius 3 is 2.27 bits per heavy atom. The molecular weight excluding hydrogens is 454 g/mol. The predicted molar refractivity (Wildman–Crippen MR) is 157 cm³/mol. The first-order valence-electron chi connectivity index (χ1n) is 15.2. The zero-order valence-electron chi connectivity index (χ0n) is 23.6. The van der Waals surface area contributed by atoms with Crippen LogP contribution in [-0.2, 0) is 9.47 Å². The minimum absolute atomic E-state index is 0.291. The van der Waals surface area contributed by atoms with Crippen molar-refractivity contribution in [2.24, 2.45) is 5.92 Å². The van der Waals surface area contributed by atoms with E-state index in [1.54, 1.807) is 0 Å². The third kappa shape index (κ3) is 10.0. The summed E-state index contributed by atoms with van der Waals surface area (Å²) in [5.41, 5.74) is 4.78. The molecule has 1 fully saturated rings. The summed E-state index contributed by atoms with van der Waals surface area (Å²) in [5.74, 6) is 1.12. The van der Waals surface area contributed by atoms with Gasteiger partial charge in [0.15, 0.2) is 6.29 Å². The summed E-state index contributed by atoms with van der Waals surface area (Å²) in [4.78, 5) is 4.86. The van der Waals surface area contributed by atoms with Gasteiger partial charge in [0.05, 0.1) is 18.9 Å². The van der Waals surface area contributed by atoms with E-state index < -0.39 is 0 Å². The minimum atomic E-state index is -0.291. The fourth-order valence-corrected chi connectivity index (χ4v) is 5.55. The van der Waals surface area contributed by atoms with Gasteiger partial charge in [0.2, 0.25) is 0 Å². The molecule has 1 unspecified atom stereocenters. The lowest BCUT2D eigenvalue weighted by Gasteiger charge is -2.29. The second kappa shape index (κ2) is 17.5. The van der Waals surface area contributed by atoms with Crippen LogP contribution in [0.1, 0.15) is 127 Å². The van der Waals surface area contributed by atoms with Crippen molar-refractivity contribution in [2.45, 2.75) is 116 Å². The van der Waals surface area contributed by atoms with Crippen LogP contribution in [0.15, 0.2) is 55.3 Å². The number of aromatic nitrogens is 1. The van der Waals surface area contributed by atoms with Gasteiger partial charge in [0.1, 0.15) is 0 Å². The van der Waals surface area contributed by atoms with Gasteiger partial charge in [0, 0.05) is 23.2 Å². The van der Waals surface area contributed by atoms with Crippen LogP contribution in [0, 0.1) is 5.92 Å². The van der Waals surface area contributed by atoms with Crippen LogP contribution in [0.25, 0.3) is 11.3 Å². The fourth-order valence-electron chi connectivity index (χ4n) is 5.55. The Morgan fingerprint density at radius 2 is 1.59 bits per heavy atom. The quantitative estimate of drug-likeness (QED) is 0.149. The molecule has 3 heteroatoms. The van der Waals surface area contributed by atoms with Crippen molar-refractivity contribution >= 4 is 0 Å². The number of pyridine rings is 1. The van der Waals surface area contributed by atoms with E-state index >= 15 is 0 Å². The summed E-state index contributed by atoms with van der Waals surface area (Å²) in [6.07, 6.45) is 21.6. The molecule has 1 aromatic carbocycles. The summed E-state index contributed by atoms with van der Waals surface area (Å²) in [6.45, 7) is 9.93. The molecule has 2 heterocycles.